The molecule has 1 aliphatic rings. The molecule has 1 atom stereocenters. The third-order valence-electron chi connectivity index (χ3n) is 4.46. The first kappa shape index (κ1) is 18.0. The zero-order valence-electron chi connectivity index (χ0n) is 14.3. The average molecular weight is 377 g/mol. The van der Waals surface area contributed by atoms with Gasteiger partial charge >= 0.3 is 0 Å². The van der Waals surface area contributed by atoms with Crippen molar-refractivity contribution in [3.63, 3.8) is 0 Å². The molecule has 4 nitrogen and oxygen atoms in total. The molecule has 132 valence electrons. The molecule has 1 aliphatic heterocycles. The van der Waals surface area contributed by atoms with Gasteiger partial charge in [0.1, 0.15) is 6.04 Å². The molecule has 2 aromatic rings. The SMILES string of the molecule is CC(C)[C@@H](NC(=O)c1ccccc1Cl)C(=O)N1CCc2sccc2C1. The molecule has 1 aromatic heterocycles. The quantitative estimate of drug-likeness (QED) is 0.883. The van der Waals surface area contributed by atoms with Gasteiger partial charge in [-0.3, -0.25) is 9.59 Å². The number of carbonyl (C=O) groups is 2. The lowest BCUT2D eigenvalue weighted by Gasteiger charge is -2.32. The minimum absolute atomic E-state index is 0.0113. The maximum atomic E-state index is 13.0. The van der Waals surface area contributed by atoms with Gasteiger partial charge in [0.2, 0.25) is 5.91 Å². The number of hydrogen-bond acceptors (Lipinski definition) is 3. The molecule has 0 aliphatic carbocycles. The molecule has 0 fully saturated rings. The van der Waals surface area contributed by atoms with E-state index in [0.29, 0.717) is 23.7 Å². The molecular formula is C19H21ClN2O2S. The zero-order valence-corrected chi connectivity index (χ0v) is 15.9. The van der Waals surface area contributed by atoms with Gasteiger partial charge in [0.15, 0.2) is 0 Å². The standard InChI is InChI=1S/C19H21ClN2O2S/c1-12(2)17(21-18(23)14-5-3-4-6-15(14)20)19(24)22-9-7-16-13(11-22)8-10-25-16/h3-6,8,10,12,17H,7,9,11H2,1-2H3,(H,21,23)/t17-/m1/s1. The zero-order chi connectivity index (χ0) is 18.0. The van der Waals surface area contributed by atoms with Gasteiger partial charge in [-0.25, -0.2) is 0 Å². The van der Waals surface area contributed by atoms with Crippen LogP contribution >= 0.6 is 22.9 Å². The number of carbonyl (C=O) groups excluding carboxylic acids is 2. The van der Waals surface area contributed by atoms with Gasteiger partial charge in [-0.2, -0.15) is 0 Å². The van der Waals surface area contributed by atoms with Crippen LogP contribution in [-0.2, 0) is 17.8 Å². The highest BCUT2D eigenvalue weighted by atomic mass is 35.5. The number of nitrogens with zero attached hydrogens (tertiary/aromatic N) is 1. The van der Waals surface area contributed by atoms with Gasteiger partial charge in [0, 0.05) is 18.0 Å². The van der Waals surface area contributed by atoms with Crippen molar-refractivity contribution in [3.8, 4) is 0 Å². The third kappa shape index (κ3) is 3.88. The Hall–Kier alpha value is -1.85. The largest absolute Gasteiger partial charge is 0.340 e. The summed E-state index contributed by atoms with van der Waals surface area (Å²) >= 11 is 7.84. The first-order chi connectivity index (χ1) is 12.0. The van der Waals surface area contributed by atoms with Crippen LogP contribution < -0.4 is 5.32 Å². The summed E-state index contributed by atoms with van der Waals surface area (Å²) in [5, 5.41) is 5.33. The monoisotopic (exact) mass is 376 g/mol. The molecular weight excluding hydrogens is 356 g/mol. The van der Waals surface area contributed by atoms with E-state index in [2.05, 4.69) is 16.8 Å². The van der Waals surface area contributed by atoms with Gasteiger partial charge in [0.25, 0.3) is 5.91 Å². The number of rotatable bonds is 4. The normalized spacial score (nSPS) is 15.0. The number of thiophene rings is 1. The number of nitrogens with one attached hydrogen (secondary N) is 1. The Morgan fingerprint density at radius 3 is 2.72 bits per heavy atom. The molecule has 2 amide bonds. The van der Waals surface area contributed by atoms with Crippen LogP contribution in [0.4, 0.5) is 0 Å². The van der Waals surface area contributed by atoms with E-state index in [-0.39, 0.29) is 17.7 Å². The smallest absolute Gasteiger partial charge is 0.253 e. The molecule has 0 radical (unpaired) electrons. The van der Waals surface area contributed by atoms with Crippen molar-refractivity contribution >= 4 is 34.8 Å². The summed E-state index contributed by atoms with van der Waals surface area (Å²) in [4.78, 5) is 28.8. The van der Waals surface area contributed by atoms with Crippen LogP contribution in [0.5, 0.6) is 0 Å². The summed E-state index contributed by atoms with van der Waals surface area (Å²) in [6.07, 6.45) is 0.877. The van der Waals surface area contributed by atoms with Crippen molar-refractivity contribution in [2.75, 3.05) is 6.54 Å². The van der Waals surface area contributed by atoms with Crippen LogP contribution in [0.3, 0.4) is 0 Å². The predicted molar refractivity (Wildman–Crippen MR) is 101 cm³/mol. The summed E-state index contributed by atoms with van der Waals surface area (Å²) < 4.78 is 0. The number of hydrogen-bond donors (Lipinski definition) is 1. The Kier molecular flexibility index (Phi) is 5.45. The summed E-state index contributed by atoms with van der Waals surface area (Å²) in [6.45, 7) is 5.19. The van der Waals surface area contributed by atoms with Crippen LogP contribution in [0.15, 0.2) is 35.7 Å². The van der Waals surface area contributed by atoms with E-state index in [0.717, 1.165) is 6.42 Å². The fourth-order valence-corrected chi connectivity index (χ4v) is 4.12. The maximum Gasteiger partial charge on any atom is 0.253 e. The molecule has 0 unspecified atom stereocenters. The molecule has 2 heterocycles. The number of halogens is 1. The molecule has 1 N–H and O–H groups in total. The van der Waals surface area contributed by atoms with E-state index >= 15 is 0 Å². The average Bonchev–Trinajstić information content (AvgIpc) is 3.06. The summed E-state index contributed by atoms with van der Waals surface area (Å²) in [5.41, 5.74) is 1.60. The number of amides is 2. The van der Waals surface area contributed by atoms with E-state index in [1.165, 1.54) is 10.4 Å². The lowest BCUT2D eigenvalue weighted by molar-refractivity contribution is -0.135. The molecule has 3 rings (SSSR count). The lowest BCUT2D eigenvalue weighted by Crippen LogP contribution is -2.52. The Labute approximate surface area is 156 Å². The second-order valence-electron chi connectivity index (χ2n) is 6.55. The van der Waals surface area contributed by atoms with Gasteiger partial charge in [-0.1, -0.05) is 37.6 Å². The van der Waals surface area contributed by atoms with Crippen LogP contribution in [0.1, 0.15) is 34.6 Å². The minimum atomic E-state index is -0.566. The fraction of sp³-hybridized carbons (Fsp3) is 0.368. The number of benzene rings is 1. The highest BCUT2D eigenvalue weighted by Crippen LogP contribution is 2.25. The first-order valence-electron chi connectivity index (χ1n) is 8.36. The van der Waals surface area contributed by atoms with E-state index in [4.69, 9.17) is 11.6 Å². The Balaban J connectivity index is 1.74. The Morgan fingerprint density at radius 2 is 2.00 bits per heavy atom. The van der Waals surface area contributed by atoms with Crippen molar-refractivity contribution in [2.45, 2.75) is 32.9 Å². The van der Waals surface area contributed by atoms with E-state index in [1.54, 1.807) is 35.6 Å². The highest BCUT2D eigenvalue weighted by Gasteiger charge is 2.31. The van der Waals surface area contributed by atoms with Crippen molar-refractivity contribution in [3.05, 3.63) is 56.7 Å². The minimum Gasteiger partial charge on any atom is -0.340 e. The second kappa shape index (κ2) is 7.58. The maximum absolute atomic E-state index is 13.0. The van der Waals surface area contributed by atoms with Crippen LogP contribution in [0.2, 0.25) is 5.02 Å². The fourth-order valence-electron chi connectivity index (χ4n) is 3.01. The molecule has 25 heavy (non-hydrogen) atoms. The van der Waals surface area contributed by atoms with Crippen molar-refractivity contribution in [1.82, 2.24) is 10.2 Å². The molecule has 0 saturated carbocycles. The first-order valence-corrected chi connectivity index (χ1v) is 9.62. The van der Waals surface area contributed by atoms with E-state index in [9.17, 15) is 9.59 Å². The second-order valence-corrected chi connectivity index (χ2v) is 7.96. The molecule has 0 saturated heterocycles. The molecule has 0 bridgehead atoms. The Morgan fingerprint density at radius 1 is 1.24 bits per heavy atom. The molecule has 0 spiro atoms. The van der Waals surface area contributed by atoms with Crippen LogP contribution in [0.25, 0.3) is 0 Å². The van der Waals surface area contributed by atoms with E-state index < -0.39 is 6.04 Å². The molecule has 1 aromatic carbocycles. The third-order valence-corrected chi connectivity index (χ3v) is 5.81. The summed E-state index contributed by atoms with van der Waals surface area (Å²) in [7, 11) is 0. The predicted octanol–water partition coefficient (Wildman–Crippen LogP) is 3.74. The molecule has 6 heteroatoms. The van der Waals surface area contributed by atoms with Gasteiger partial charge in [-0.05, 0) is 41.5 Å². The van der Waals surface area contributed by atoms with Crippen molar-refractivity contribution in [2.24, 2.45) is 5.92 Å². The van der Waals surface area contributed by atoms with Gasteiger partial charge in [0.05, 0.1) is 10.6 Å². The van der Waals surface area contributed by atoms with Gasteiger partial charge in [-0.15, -0.1) is 11.3 Å². The van der Waals surface area contributed by atoms with Crippen LogP contribution in [0, 0.1) is 5.92 Å². The Bertz CT molecular complexity index is 787. The summed E-state index contributed by atoms with van der Waals surface area (Å²) in [6, 6.07) is 8.38. The van der Waals surface area contributed by atoms with Crippen molar-refractivity contribution < 1.29 is 9.59 Å². The number of fused-ring (bicyclic) bond motifs is 1. The highest BCUT2D eigenvalue weighted by molar-refractivity contribution is 7.10. The van der Waals surface area contributed by atoms with Crippen LogP contribution in [-0.4, -0.2) is 29.3 Å². The lowest BCUT2D eigenvalue weighted by atomic mass is 10.00. The van der Waals surface area contributed by atoms with Gasteiger partial charge < -0.3 is 10.2 Å². The van der Waals surface area contributed by atoms with E-state index in [1.807, 2.05) is 18.7 Å². The topological polar surface area (TPSA) is 49.4 Å². The summed E-state index contributed by atoms with van der Waals surface area (Å²) in [5.74, 6) is -0.360. The van der Waals surface area contributed by atoms with Crippen molar-refractivity contribution in [1.29, 1.82) is 0 Å².